The molecule has 3 rings (SSSR count). The molecule has 17 heavy (non-hydrogen) atoms. The predicted octanol–water partition coefficient (Wildman–Crippen LogP) is 1.42. The molecule has 1 fully saturated rings. The average Bonchev–Trinajstić information content (AvgIpc) is 3.12. The minimum atomic E-state index is -0.481. The van der Waals surface area contributed by atoms with E-state index in [1.165, 1.54) is 23.9 Å². The van der Waals surface area contributed by atoms with Crippen molar-refractivity contribution in [1.82, 2.24) is 14.7 Å². The van der Waals surface area contributed by atoms with Gasteiger partial charge in [-0.05, 0) is 25.0 Å². The molecule has 0 bridgehead atoms. The Bertz CT molecular complexity index is 532. The zero-order chi connectivity index (χ0) is 11.7. The third-order valence-electron chi connectivity index (χ3n) is 2.64. The smallest absolute Gasteiger partial charge is 0.328 e. The molecule has 1 aliphatic carbocycles. The molecule has 0 N–H and O–H groups in total. The summed E-state index contributed by atoms with van der Waals surface area (Å²) in [5.74, 6) is 0.0650. The van der Waals surface area contributed by atoms with Gasteiger partial charge in [0.05, 0.1) is 11.9 Å². The summed E-state index contributed by atoms with van der Waals surface area (Å²) in [5, 5.41) is 0. The van der Waals surface area contributed by atoms with Crippen LogP contribution in [0.4, 0.5) is 0 Å². The van der Waals surface area contributed by atoms with E-state index in [2.05, 4.69) is 9.97 Å². The summed E-state index contributed by atoms with van der Waals surface area (Å²) in [4.78, 5) is 24.9. The fourth-order valence-corrected chi connectivity index (χ4v) is 1.59. The van der Waals surface area contributed by atoms with Gasteiger partial charge < -0.3 is 4.84 Å². The van der Waals surface area contributed by atoms with E-state index >= 15 is 0 Å². The summed E-state index contributed by atoms with van der Waals surface area (Å²) in [6, 6.07) is 5.10. The Morgan fingerprint density at radius 3 is 2.94 bits per heavy atom. The van der Waals surface area contributed by atoms with E-state index in [4.69, 9.17) is 4.84 Å². The minimum absolute atomic E-state index is 0.286. The maximum Gasteiger partial charge on any atom is 0.381 e. The number of hydrogen-bond donors (Lipinski definition) is 0. The average molecular weight is 229 g/mol. The van der Waals surface area contributed by atoms with Gasteiger partial charge in [-0.1, -0.05) is 6.07 Å². The third kappa shape index (κ3) is 2.18. The Morgan fingerprint density at radius 1 is 1.35 bits per heavy atom. The van der Waals surface area contributed by atoms with Crippen LogP contribution in [0.2, 0.25) is 0 Å². The van der Waals surface area contributed by atoms with Crippen molar-refractivity contribution in [2.24, 2.45) is 0 Å². The van der Waals surface area contributed by atoms with Crippen molar-refractivity contribution in [3.8, 4) is 0 Å². The highest BCUT2D eigenvalue weighted by Crippen LogP contribution is 2.38. The van der Waals surface area contributed by atoms with Gasteiger partial charge in [-0.25, -0.2) is 14.8 Å². The minimum Gasteiger partial charge on any atom is -0.328 e. The van der Waals surface area contributed by atoms with E-state index in [-0.39, 0.29) is 5.69 Å². The highest BCUT2D eigenvalue weighted by molar-refractivity contribution is 5.87. The summed E-state index contributed by atoms with van der Waals surface area (Å²) in [6.45, 7) is 0. The van der Waals surface area contributed by atoms with Gasteiger partial charge in [-0.2, -0.15) is 4.73 Å². The van der Waals surface area contributed by atoms with Crippen molar-refractivity contribution >= 4 is 5.97 Å². The van der Waals surface area contributed by atoms with E-state index in [0.717, 1.165) is 5.69 Å². The molecule has 0 aromatic carbocycles. The largest absolute Gasteiger partial charge is 0.381 e. The van der Waals surface area contributed by atoms with Crippen LogP contribution in [0, 0.1) is 0 Å². The van der Waals surface area contributed by atoms with Gasteiger partial charge >= 0.3 is 5.97 Å². The molecule has 1 saturated carbocycles. The maximum absolute atomic E-state index is 11.7. The van der Waals surface area contributed by atoms with Gasteiger partial charge in [-0.15, -0.1) is 0 Å². The van der Waals surface area contributed by atoms with Crippen molar-refractivity contribution in [3.63, 3.8) is 0 Å². The summed E-state index contributed by atoms with van der Waals surface area (Å²) in [6.07, 6.45) is 7.16. The second-order valence-corrected chi connectivity index (χ2v) is 4.03. The van der Waals surface area contributed by atoms with Crippen molar-refractivity contribution in [2.75, 3.05) is 0 Å². The Balaban J connectivity index is 1.71. The lowest BCUT2D eigenvalue weighted by Gasteiger charge is -2.01. The van der Waals surface area contributed by atoms with Crippen molar-refractivity contribution in [2.45, 2.75) is 18.8 Å². The van der Waals surface area contributed by atoms with Crippen LogP contribution >= 0.6 is 0 Å². The number of imidazole rings is 1. The molecule has 5 nitrogen and oxygen atoms in total. The Morgan fingerprint density at radius 2 is 2.24 bits per heavy atom. The number of carbonyl (C=O) groups is 1. The van der Waals surface area contributed by atoms with E-state index < -0.39 is 5.97 Å². The van der Waals surface area contributed by atoms with Crippen LogP contribution in [0.5, 0.6) is 0 Å². The molecule has 0 aliphatic heterocycles. The zero-order valence-electron chi connectivity index (χ0n) is 9.11. The SMILES string of the molecule is O=C(On1cnc(C2CC2)c1)c1ccccn1. The third-order valence-corrected chi connectivity index (χ3v) is 2.64. The normalized spacial score (nSPS) is 14.6. The topological polar surface area (TPSA) is 57.0 Å². The zero-order valence-corrected chi connectivity index (χ0v) is 9.11. The van der Waals surface area contributed by atoms with Crippen LogP contribution < -0.4 is 4.84 Å². The summed E-state index contributed by atoms with van der Waals surface area (Å²) >= 11 is 0. The molecule has 0 amide bonds. The molecule has 5 heteroatoms. The molecular formula is C12H11N3O2. The van der Waals surface area contributed by atoms with Gasteiger partial charge in [-0.3, -0.25) is 0 Å². The van der Waals surface area contributed by atoms with Gasteiger partial charge in [0.15, 0.2) is 5.69 Å². The molecular weight excluding hydrogens is 218 g/mol. The molecule has 2 aromatic heterocycles. The Kier molecular flexibility index (Phi) is 2.36. The second kappa shape index (κ2) is 4.01. The summed E-state index contributed by atoms with van der Waals surface area (Å²) < 4.78 is 1.34. The highest BCUT2D eigenvalue weighted by Gasteiger charge is 2.26. The first kappa shape index (κ1) is 10.0. The number of pyridine rings is 1. The number of rotatable bonds is 3. The van der Waals surface area contributed by atoms with Crippen molar-refractivity contribution in [1.29, 1.82) is 0 Å². The monoisotopic (exact) mass is 229 g/mol. The van der Waals surface area contributed by atoms with E-state index in [9.17, 15) is 4.79 Å². The number of carbonyl (C=O) groups excluding carboxylic acids is 1. The Labute approximate surface area is 98.0 Å². The number of nitrogens with zero attached hydrogens (tertiary/aromatic N) is 3. The second-order valence-electron chi connectivity index (χ2n) is 4.03. The fourth-order valence-electron chi connectivity index (χ4n) is 1.59. The quantitative estimate of drug-likeness (QED) is 0.798. The number of hydrogen-bond acceptors (Lipinski definition) is 4. The standard InChI is InChI=1S/C12H11N3O2/c16-12(10-3-1-2-6-13-10)17-15-7-11(14-8-15)9-4-5-9/h1-3,6-9H,4-5H2. The van der Waals surface area contributed by atoms with Gasteiger partial charge in [0, 0.05) is 12.1 Å². The molecule has 0 radical (unpaired) electrons. The van der Waals surface area contributed by atoms with Crippen LogP contribution in [0.1, 0.15) is 34.9 Å². The molecule has 0 saturated heterocycles. The van der Waals surface area contributed by atoms with E-state index in [1.807, 2.05) is 0 Å². The lowest BCUT2D eigenvalue weighted by molar-refractivity contribution is 0.0453. The molecule has 0 spiro atoms. The highest BCUT2D eigenvalue weighted by atomic mass is 16.7. The van der Waals surface area contributed by atoms with Gasteiger partial charge in [0.25, 0.3) is 0 Å². The first-order chi connectivity index (χ1) is 8.33. The molecule has 1 aliphatic rings. The first-order valence-corrected chi connectivity index (χ1v) is 5.50. The lowest BCUT2D eigenvalue weighted by Crippen LogP contribution is -2.19. The maximum atomic E-state index is 11.7. The van der Waals surface area contributed by atoms with Crippen LogP contribution in [-0.2, 0) is 0 Å². The first-order valence-electron chi connectivity index (χ1n) is 5.50. The Hall–Kier alpha value is -2.17. The van der Waals surface area contributed by atoms with Crippen LogP contribution in [0.25, 0.3) is 0 Å². The van der Waals surface area contributed by atoms with Crippen molar-refractivity contribution < 1.29 is 9.63 Å². The van der Waals surface area contributed by atoms with Gasteiger partial charge in [0.1, 0.15) is 6.33 Å². The molecule has 86 valence electrons. The summed E-state index contributed by atoms with van der Waals surface area (Å²) in [5.41, 5.74) is 1.27. The molecule has 2 aromatic rings. The van der Waals surface area contributed by atoms with E-state index in [1.54, 1.807) is 30.6 Å². The van der Waals surface area contributed by atoms with E-state index in [0.29, 0.717) is 5.92 Å². The van der Waals surface area contributed by atoms with Crippen LogP contribution in [0.15, 0.2) is 36.9 Å². The lowest BCUT2D eigenvalue weighted by atomic mass is 10.3. The van der Waals surface area contributed by atoms with Gasteiger partial charge in [0.2, 0.25) is 0 Å². The predicted molar refractivity (Wildman–Crippen MR) is 59.3 cm³/mol. The van der Waals surface area contributed by atoms with Crippen LogP contribution in [-0.4, -0.2) is 20.7 Å². The summed E-state index contributed by atoms with van der Waals surface area (Å²) in [7, 11) is 0. The van der Waals surface area contributed by atoms with Crippen LogP contribution in [0.3, 0.4) is 0 Å². The fraction of sp³-hybridized carbons (Fsp3) is 0.250. The molecule has 0 unspecified atom stereocenters. The number of aromatic nitrogens is 3. The van der Waals surface area contributed by atoms with Crippen molar-refractivity contribution in [3.05, 3.63) is 48.3 Å². The molecule has 2 heterocycles. The molecule has 0 atom stereocenters.